The topological polar surface area (TPSA) is 45.2 Å². The highest BCUT2D eigenvalue weighted by molar-refractivity contribution is 6.31. The summed E-state index contributed by atoms with van der Waals surface area (Å²) >= 11 is 6.35. The van der Waals surface area contributed by atoms with Crippen molar-refractivity contribution in [2.75, 3.05) is 19.6 Å². The zero-order chi connectivity index (χ0) is 23.0. The number of halogens is 1. The molecule has 3 aromatic rings. The Morgan fingerprint density at radius 3 is 2.52 bits per heavy atom. The number of carbonyl (C=O) groups excluding carboxylic acids is 1. The second kappa shape index (κ2) is 11.4. The molecule has 172 valence electrons. The largest absolute Gasteiger partial charge is 0.352 e. The minimum atomic E-state index is -0.0101. The number of benzene rings is 2. The fourth-order valence-electron chi connectivity index (χ4n) is 4.55. The molecule has 0 spiro atoms. The van der Waals surface area contributed by atoms with Gasteiger partial charge in [-0.05, 0) is 75.0 Å². The highest BCUT2D eigenvalue weighted by atomic mass is 35.5. The van der Waals surface area contributed by atoms with Crippen molar-refractivity contribution in [2.45, 2.75) is 45.1 Å². The number of nitrogens with one attached hydrogen (secondary N) is 1. The summed E-state index contributed by atoms with van der Waals surface area (Å²) in [6.07, 6.45) is 3.87. The molecule has 1 amide bonds. The van der Waals surface area contributed by atoms with E-state index in [9.17, 15) is 4.79 Å². The van der Waals surface area contributed by atoms with E-state index in [-0.39, 0.29) is 5.91 Å². The molecule has 0 unspecified atom stereocenters. The lowest BCUT2D eigenvalue weighted by molar-refractivity contribution is 0.0950. The normalized spacial score (nSPS) is 14.8. The number of carbonyl (C=O) groups is 1. The van der Waals surface area contributed by atoms with Crippen molar-refractivity contribution in [3.8, 4) is 0 Å². The molecule has 0 atom stereocenters. The quantitative estimate of drug-likeness (QED) is 0.432. The van der Waals surface area contributed by atoms with Gasteiger partial charge in [-0.15, -0.1) is 0 Å². The van der Waals surface area contributed by atoms with Crippen LogP contribution in [-0.4, -0.2) is 35.4 Å². The first kappa shape index (κ1) is 23.5. The van der Waals surface area contributed by atoms with Gasteiger partial charge < -0.3 is 5.32 Å². The minimum Gasteiger partial charge on any atom is -0.352 e. The predicted octanol–water partition coefficient (Wildman–Crippen LogP) is 5.79. The number of likely N-dealkylation sites (tertiary alicyclic amines) is 1. The summed E-state index contributed by atoms with van der Waals surface area (Å²) in [7, 11) is 0. The molecule has 1 aromatic heterocycles. The maximum absolute atomic E-state index is 13.0. The van der Waals surface area contributed by atoms with Gasteiger partial charge in [-0.2, -0.15) is 0 Å². The van der Waals surface area contributed by atoms with Gasteiger partial charge >= 0.3 is 0 Å². The average Bonchev–Trinajstić information content (AvgIpc) is 2.84. The van der Waals surface area contributed by atoms with E-state index < -0.39 is 0 Å². The van der Waals surface area contributed by atoms with Crippen LogP contribution in [0.5, 0.6) is 0 Å². The summed E-state index contributed by atoms with van der Waals surface area (Å²) in [5.41, 5.74) is 5.11. The number of aromatic nitrogens is 1. The number of amides is 1. The highest BCUT2D eigenvalue weighted by Crippen LogP contribution is 2.30. The van der Waals surface area contributed by atoms with Gasteiger partial charge in [0.25, 0.3) is 5.91 Å². The van der Waals surface area contributed by atoms with Crippen molar-refractivity contribution in [3.05, 3.63) is 99.8 Å². The standard InChI is InChI=1S/C28H32ClN3O/c1-21-13-14-25(28(33)30-17-7-10-22-8-3-2-4-9-22)27(31-21)23-15-18-32(19-16-23)20-24-11-5-6-12-26(24)29/h2-6,8-9,11-14,23H,7,10,15-20H2,1H3,(H,30,33). The van der Waals surface area contributed by atoms with Gasteiger partial charge in [0, 0.05) is 29.7 Å². The minimum absolute atomic E-state index is 0.0101. The van der Waals surface area contributed by atoms with Gasteiger partial charge in [0.1, 0.15) is 0 Å². The third-order valence-corrected chi connectivity index (χ3v) is 6.77. The lowest BCUT2D eigenvalue weighted by Gasteiger charge is -2.32. The molecule has 0 aliphatic carbocycles. The third kappa shape index (κ3) is 6.43. The first-order valence-corrected chi connectivity index (χ1v) is 12.2. The Morgan fingerprint density at radius 1 is 1.03 bits per heavy atom. The van der Waals surface area contributed by atoms with Gasteiger partial charge in [0.05, 0.1) is 11.3 Å². The molecule has 4 rings (SSSR count). The molecule has 1 saturated heterocycles. The molecule has 2 heterocycles. The Kier molecular flexibility index (Phi) is 8.14. The van der Waals surface area contributed by atoms with E-state index in [0.717, 1.165) is 67.3 Å². The molecule has 1 fully saturated rings. The van der Waals surface area contributed by atoms with Crippen LogP contribution in [0.2, 0.25) is 5.02 Å². The van der Waals surface area contributed by atoms with Crippen LogP contribution in [-0.2, 0) is 13.0 Å². The summed E-state index contributed by atoms with van der Waals surface area (Å²) in [4.78, 5) is 20.3. The second-order valence-electron chi connectivity index (χ2n) is 8.87. The molecule has 0 saturated carbocycles. The molecule has 5 heteroatoms. The zero-order valence-corrected chi connectivity index (χ0v) is 20.0. The van der Waals surface area contributed by atoms with Gasteiger partial charge in [-0.3, -0.25) is 14.7 Å². The van der Waals surface area contributed by atoms with Crippen molar-refractivity contribution >= 4 is 17.5 Å². The fraction of sp³-hybridized carbons (Fsp3) is 0.357. The number of hydrogen-bond donors (Lipinski definition) is 1. The van der Waals surface area contributed by atoms with Crippen LogP contribution in [0.1, 0.15) is 58.1 Å². The summed E-state index contributed by atoms with van der Waals surface area (Å²) < 4.78 is 0. The number of aryl methyl sites for hydroxylation is 2. The predicted molar refractivity (Wildman–Crippen MR) is 135 cm³/mol. The maximum atomic E-state index is 13.0. The van der Waals surface area contributed by atoms with Gasteiger partial charge in [-0.25, -0.2) is 0 Å². The lowest BCUT2D eigenvalue weighted by atomic mass is 9.89. The van der Waals surface area contributed by atoms with Crippen molar-refractivity contribution in [3.63, 3.8) is 0 Å². The van der Waals surface area contributed by atoms with Crippen LogP contribution in [0.3, 0.4) is 0 Å². The second-order valence-corrected chi connectivity index (χ2v) is 9.28. The van der Waals surface area contributed by atoms with Crippen molar-refractivity contribution in [2.24, 2.45) is 0 Å². The van der Waals surface area contributed by atoms with Crippen LogP contribution in [0, 0.1) is 6.92 Å². The van der Waals surface area contributed by atoms with Crippen LogP contribution in [0.15, 0.2) is 66.7 Å². The molecule has 1 N–H and O–H groups in total. The molecule has 4 nitrogen and oxygen atoms in total. The van der Waals surface area contributed by atoms with Gasteiger partial charge in [0.15, 0.2) is 0 Å². The summed E-state index contributed by atoms with van der Waals surface area (Å²) in [5.74, 6) is 0.293. The molecule has 0 radical (unpaired) electrons. The monoisotopic (exact) mass is 461 g/mol. The summed E-state index contributed by atoms with van der Waals surface area (Å²) in [5, 5.41) is 3.94. The Balaban J connectivity index is 1.34. The van der Waals surface area contributed by atoms with Crippen LogP contribution in [0.25, 0.3) is 0 Å². The van der Waals surface area contributed by atoms with E-state index >= 15 is 0 Å². The number of nitrogens with zero attached hydrogens (tertiary/aromatic N) is 2. The highest BCUT2D eigenvalue weighted by Gasteiger charge is 2.26. The summed E-state index contributed by atoms with van der Waals surface area (Å²) in [6, 6.07) is 22.3. The van der Waals surface area contributed by atoms with E-state index in [0.29, 0.717) is 12.5 Å². The SMILES string of the molecule is Cc1ccc(C(=O)NCCCc2ccccc2)c(C2CCN(Cc3ccccc3Cl)CC2)n1. The fourth-order valence-corrected chi connectivity index (χ4v) is 4.74. The Morgan fingerprint density at radius 2 is 1.76 bits per heavy atom. The first-order chi connectivity index (χ1) is 16.1. The molecular weight excluding hydrogens is 430 g/mol. The molecule has 2 aromatic carbocycles. The zero-order valence-electron chi connectivity index (χ0n) is 19.3. The van der Waals surface area contributed by atoms with Crippen LogP contribution >= 0.6 is 11.6 Å². The number of hydrogen-bond acceptors (Lipinski definition) is 3. The smallest absolute Gasteiger partial charge is 0.253 e. The molecular formula is C28H32ClN3O. The van der Waals surface area contributed by atoms with Gasteiger partial charge in [0.2, 0.25) is 0 Å². The molecule has 1 aliphatic heterocycles. The van der Waals surface area contributed by atoms with E-state index in [4.69, 9.17) is 16.6 Å². The molecule has 1 aliphatic rings. The van der Waals surface area contributed by atoms with Gasteiger partial charge in [-0.1, -0.05) is 60.1 Å². The van der Waals surface area contributed by atoms with E-state index in [1.807, 2.05) is 43.3 Å². The summed E-state index contributed by atoms with van der Waals surface area (Å²) in [6.45, 7) is 5.48. The lowest BCUT2D eigenvalue weighted by Crippen LogP contribution is -2.34. The Labute approximate surface area is 202 Å². The number of pyridine rings is 1. The van der Waals surface area contributed by atoms with Crippen molar-refractivity contribution < 1.29 is 4.79 Å². The van der Waals surface area contributed by atoms with E-state index in [2.05, 4.69) is 40.5 Å². The third-order valence-electron chi connectivity index (χ3n) is 6.41. The Bertz CT molecular complexity index is 1060. The van der Waals surface area contributed by atoms with Crippen molar-refractivity contribution in [1.82, 2.24) is 15.2 Å². The molecule has 0 bridgehead atoms. The Hall–Kier alpha value is -2.69. The van der Waals surface area contributed by atoms with E-state index in [1.165, 1.54) is 11.1 Å². The number of rotatable bonds is 8. The van der Waals surface area contributed by atoms with E-state index in [1.54, 1.807) is 0 Å². The van der Waals surface area contributed by atoms with Crippen molar-refractivity contribution in [1.29, 1.82) is 0 Å². The molecule has 33 heavy (non-hydrogen) atoms. The van der Waals surface area contributed by atoms with Crippen LogP contribution in [0.4, 0.5) is 0 Å². The number of piperidine rings is 1. The first-order valence-electron chi connectivity index (χ1n) is 11.9. The average molecular weight is 462 g/mol. The maximum Gasteiger partial charge on any atom is 0.253 e. The van der Waals surface area contributed by atoms with Crippen LogP contribution < -0.4 is 5.32 Å².